The number of aromatic nitrogens is 2. The Morgan fingerprint density at radius 2 is 1.87 bits per heavy atom. The molecule has 0 bridgehead atoms. The first-order valence-electron chi connectivity index (χ1n) is 6.84. The number of hydrogen-bond donors (Lipinski definition) is 2. The Morgan fingerprint density at radius 3 is 2.61 bits per heavy atom. The van der Waals surface area contributed by atoms with Gasteiger partial charge in [-0.15, -0.1) is 10.2 Å². The summed E-state index contributed by atoms with van der Waals surface area (Å²) in [5.41, 5.74) is 2.57. The van der Waals surface area contributed by atoms with E-state index in [1.807, 2.05) is 31.2 Å². The lowest BCUT2D eigenvalue weighted by Crippen LogP contribution is -2.19. The molecule has 3 rings (SSSR count). The van der Waals surface area contributed by atoms with Crippen molar-refractivity contribution in [2.75, 3.05) is 10.6 Å². The van der Waals surface area contributed by atoms with Crippen LogP contribution in [0.1, 0.15) is 5.56 Å². The standard InChI is InChI=1S/C16H13FN4OS/c1-10-3-2-4-11(9-10)14-20-21-16(23-14)19-15(22)18-13-7-5-12(17)6-8-13/h2-9H,1H3,(H2,18,19,21,22). The van der Waals surface area contributed by atoms with Crippen LogP contribution in [0, 0.1) is 12.7 Å². The summed E-state index contributed by atoms with van der Waals surface area (Å²) in [4.78, 5) is 11.9. The maximum Gasteiger partial charge on any atom is 0.325 e. The predicted octanol–water partition coefficient (Wildman–Crippen LogP) is 4.30. The van der Waals surface area contributed by atoms with Gasteiger partial charge in [-0.2, -0.15) is 0 Å². The lowest BCUT2D eigenvalue weighted by molar-refractivity contribution is 0.262. The number of aryl methyl sites for hydroxylation is 1. The van der Waals surface area contributed by atoms with Gasteiger partial charge < -0.3 is 5.32 Å². The third kappa shape index (κ3) is 3.89. The van der Waals surface area contributed by atoms with Crippen LogP contribution in [0.2, 0.25) is 0 Å². The van der Waals surface area contributed by atoms with Crippen LogP contribution in [0.4, 0.5) is 20.0 Å². The van der Waals surface area contributed by atoms with Crippen LogP contribution >= 0.6 is 11.3 Å². The minimum atomic E-state index is -0.455. The zero-order valence-electron chi connectivity index (χ0n) is 12.2. The Hall–Kier alpha value is -2.80. The molecular formula is C16H13FN4OS. The van der Waals surface area contributed by atoms with Crippen LogP contribution in [-0.4, -0.2) is 16.2 Å². The predicted molar refractivity (Wildman–Crippen MR) is 89.1 cm³/mol. The molecule has 0 radical (unpaired) electrons. The summed E-state index contributed by atoms with van der Waals surface area (Å²) >= 11 is 1.28. The maximum absolute atomic E-state index is 12.8. The minimum Gasteiger partial charge on any atom is -0.308 e. The Morgan fingerprint density at radius 1 is 1.09 bits per heavy atom. The number of urea groups is 1. The van der Waals surface area contributed by atoms with Crippen LogP contribution < -0.4 is 10.6 Å². The number of anilines is 2. The van der Waals surface area contributed by atoms with E-state index in [0.29, 0.717) is 10.8 Å². The van der Waals surface area contributed by atoms with Gasteiger partial charge >= 0.3 is 6.03 Å². The van der Waals surface area contributed by atoms with Crippen molar-refractivity contribution >= 4 is 28.2 Å². The molecule has 1 heterocycles. The fraction of sp³-hybridized carbons (Fsp3) is 0.0625. The molecule has 0 saturated heterocycles. The number of benzene rings is 2. The first kappa shape index (κ1) is 15.1. The van der Waals surface area contributed by atoms with E-state index in [1.165, 1.54) is 35.6 Å². The fourth-order valence-corrected chi connectivity index (χ4v) is 2.70. The zero-order valence-corrected chi connectivity index (χ0v) is 13.0. The van der Waals surface area contributed by atoms with Gasteiger partial charge in [0.25, 0.3) is 0 Å². The molecule has 0 aliphatic carbocycles. The van der Waals surface area contributed by atoms with Gasteiger partial charge in [0.15, 0.2) is 0 Å². The molecule has 3 aromatic rings. The monoisotopic (exact) mass is 328 g/mol. The van der Waals surface area contributed by atoms with E-state index in [-0.39, 0.29) is 5.82 Å². The van der Waals surface area contributed by atoms with Gasteiger partial charge in [-0.3, -0.25) is 5.32 Å². The van der Waals surface area contributed by atoms with E-state index in [2.05, 4.69) is 20.8 Å². The number of carbonyl (C=O) groups excluding carboxylic acids is 1. The number of amides is 2. The smallest absolute Gasteiger partial charge is 0.308 e. The molecule has 0 unspecified atom stereocenters. The molecular weight excluding hydrogens is 315 g/mol. The molecule has 5 nitrogen and oxygen atoms in total. The third-order valence-electron chi connectivity index (χ3n) is 3.01. The SMILES string of the molecule is Cc1cccc(-c2nnc(NC(=O)Nc3ccc(F)cc3)s2)c1. The number of halogens is 1. The minimum absolute atomic E-state index is 0.358. The Bertz CT molecular complexity index is 832. The Labute approximate surface area is 136 Å². The Kier molecular flexibility index (Phi) is 4.29. The highest BCUT2D eigenvalue weighted by Crippen LogP contribution is 2.26. The van der Waals surface area contributed by atoms with Crippen molar-refractivity contribution in [3.8, 4) is 10.6 Å². The van der Waals surface area contributed by atoms with E-state index in [4.69, 9.17) is 0 Å². The molecule has 2 N–H and O–H groups in total. The first-order chi connectivity index (χ1) is 11.1. The molecule has 23 heavy (non-hydrogen) atoms. The number of hydrogen-bond acceptors (Lipinski definition) is 4. The summed E-state index contributed by atoms with van der Waals surface area (Å²) < 4.78 is 12.8. The molecule has 2 aromatic carbocycles. The van der Waals surface area contributed by atoms with Crippen molar-refractivity contribution in [1.82, 2.24) is 10.2 Å². The highest BCUT2D eigenvalue weighted by atomic mass is 32.1. The van der Waals surface area contributed by atoms with E-state index in [0.717, 1.165) is 16.1 Å². The van der Waals surface area contributed by atoms with Gasteiger partial charge in [0.1, 0.15) is 10.8 Å². The highest BCUT2D eigenvalue weighted by molar-refractivity contribution is 7.18. The van der Waals surface area contributed by atoms with E-state index < -0.39 is 6.03 Å². The average Bonchev–Trinajstić information content (AvgIpc) is 2.98. The molecule has 0 saturated carbocycles. The molecule has 2 amide bonds. The average molecular weight is 328 g/mol. The molecule has 0 spiro atoms. The molecule has 0 aliphatic heterocycles. The number of nitrogens with zero attached hydrogens (tertiary/aromatic N) is 2. The lowest BCUT2D eigenvalue weighted by atomic mass is 10.1. The van der Waals surface area contributed by atoms with Crippen LogP contribution in [-0.2, 0) is 0 Å². The van der Waals surface area contributed by atoms with E-state index in [9.17, 15) is 9.18 Å². The van der Waals surface area contributed by atoms with Gasteiger partial charge in [0, 0.05) is 11.3 Å². The normalized spacial score (nSPS) is 10.3. The van der Waals surface area contributed by atoms with Gasteiger partial charge in [-0.1, -0.05) is 35.1 Å². The van der Waals surface area contributed by atoms with Crippen LogP contribution in [0.15, 0.2) is 48.5 Å². The summed E-state index contributed by atoms with van der Waals surface area (Å²) in [6.45, 7) is 2.00. The third-order valence-corrected chi connectivity index (χ3v) is 3.90. The van der Waals surface area contributed by atoms with E-state index >= 15 is 0 Å². The van der Waals surface area contributed by atoms with Crippen molar-refractivity contribution in [1.29, 1.82) is 0 Å². The van der Waals surface area contributed by atoms with Gasteiger partial charge in [-0.25, -0.2) is 9.18 Å². The van der Waals surface area contributed by atoms with Crippen molar-refractivity contribution in [2.45, 2.75) is 6.92 Å². The fourth-order valence-electron chi connectivity index (χ4n) is 1.96. The summed E-state index contributed by atoms with van der Waals surface area (Å²) in [5, 5.41) is 14.4. The topological polar surface area (TPSA) is 66.9 Å². The summed E-state index contributed by atoms with van der Waals surface area (Å²) in [6, 6.07) is 12.9. The highest BCUT2D eigenvalue weighted by Gasteiger charge is 2.10. The number of carbonyl (C=O) groups is 1. The van der Waals surface area contributed by atoms with Crippen LogP contribution in [0.25, 0.3) is 10.6 Å². The van der Waals surface area contributed by atoms with Gasteiger partial charge in [0.05, 0.1) is 0 Å². The summed E-state index contributed by atoms with van der Waals surface area (Å²) in [6.07, 6.45) is 0. The molecule has 116 valence electrons. The van der Waals surface area contributed by atoms with E-state index in [1.54, 1.807) is 0 Å². The summed E-state index contributed by atoms with van der Waals surface area (Å²) in [5.74, 6) is -0.358. The van der Waals surface area contributed by atoms with Crippen molar-refractivity contribution in [2.24, 2.45) is 0 Å². The molecule has 1 aromatic heterocycles. The van der Waals surface area contributed by atoms with Crippen molar-refractivity contribution < 1.29 is 9.18 Å². The van der Waals surface area contributed by atoms with Crippen molar-refractivity contribution in [3.63, 3.8) is 0 Å². The molecule has 0 atom stereocenters. The quantitative estimate of drug-likeness (QED) is 0.753. The van der Waals surface area contributed by atoms with Crippen LogP contribution in [0.3, 0.4) is 0 Å². The lowest BCUT2D eigenvalue weighted by Gasteiger charge is -2.04. The van der Waals surface area contributed by atoms with Crippen molar-refractivity contribution in [3.05, 3.63) is 59.9 Å². The second-order valence-corrected chi connectivity index (χ2v) is 5.85. The zero-order chi connectivity index (χ0) is 16.2. The number of rotatable bonds is 3. The molecule has 0 fully saturated rings. The Balaban J connectivity index is 1.66. The first-order valence-corrected chi connectivity index (χ1v) is 7.66. The maximum atomic E-state index is 12.8. The largest absolute Gasteiger partial charge is 0.325 e. The van der Waals surface area contributed by atoms with Gasteiger partial charge in [-0.05, 0) is 37.3 Å². The molecule has 7 heteroatoms. The second kappa shape index (κ2) is 6.53. The van der Waals surface area contributed by atoms with Gasteiger partial charge in [0.2, 0.25) is 5.13 Å². The summed E-state index contributed by atoms with van der Waals surface area (Å²) in [7, 11) is 0. The molecule has 0 aliphatic rings. The second-order valence-electron chi connectivity index (χ2n) is 4.87. The number of nitrogens with one attached hydrogen (secondary N) is 2. The van der Waals surface area contributed by atoms with Crippen LogP contribution in [0.5, 0.6) is 0 Å².